The summed E-state index contributed by atoms with van der Waals surface area (Å²) in [6.07, 6.45) is 3.16. The molecule has 3 rings (SSSR count). The minimum absolute atomic E-state index is 0.127. The van der Waals surface area contributed by atoms with Crippen molar-refractivity contribution in [2.24, 2.45) is 5.92 Å². The molecule has 1 saturated heterocycles. The van der Waals surface area contributed by atoms with Gasteiger partial charge in [0, 0.05) is 12.0 Å². The van der Waals surface area contributed by atoms with Gasteiger partial charge in [0.2, 0.25) is 5.91 Å². The summed E-state index contributed by atoms with van der Waals surface area (Å²) in [4.78, 5) is 14.6. The van der Waals surface area contributed by atoms with Gasteiger partial charge in [-0.3, -0.25) is 4.79 Å². The van der Waals surface area contributed by atoms with Crippen molar-refractivity contribution in [3.8, 4) is 0 Å². The van der Waals surface area contributed by atoms with Crippen LogP contribution in [0, 0.1) is 5.92 Å². The van der Waals surface area contributed by atoms with Crippen molar-refractivity contribution in [3.05, 3.63) is 35.4 Å². The number of hydrogen-bond donors (Lipinski definition) is 0. The van der Waals surface area contributed by atoms with Crippen LogP contribution in [0.1, 0.15) is 43.9 Å². The third kappa shape index (κ3) is 1.58. The van der Waals surface area contributed by atoms with E-state index in [4.69, 9.17) is 0 Å². The molecule has 1 amide bonds. The zero-order valence-corrected chi connectivity index (χ0v) is 10.5. The Bertz CT molecular complexity index is 454. The van der Waals surface area contributed by atoms with E-state index in [2.05, 4.69) is 43.0 Å². The van der Waals surface area contributed by atoms with Crippen LogP contribution in [0.3, 0.4) is 0 Å². The summed E-state index contributed by atoms with van der Waals surface area (Å²) < 4.78 is 0. The van der Waals surface area contributed by atoms with Crippen LogP contribution < -0.4 is 0 Å². The molecule has 2 aliphatic rings. The Labute approximate surface area is 103 Å². The van der Waals surface area contributed by atoms with Crippen LogP contribution in [-0.4, -0.2) is 16.8 Å². The van der Waals surface area contributed by atoms with E-state index in [-0.39, 0.29) is 5.92 Å². The molecular formula is C15H19NO. The molecule has 0 aliphatic carbocycles. The number of nitrogens with zero attached hydrogens (tertiary/aromatic N) is 1. The lowest BCUT2D eigenvalue weighted by molar-refractivity contribution is -0.137. The van der Waals surface area contributed by atoms with Gasteiger partial charge in [0.1, 0.15) is 0 Å². The van der Waals surface area contributed by atoms with Crippen LogP contribution >= 0.6 is 0 Å². The van der Waals surface area contributed by atoms with Crippen LogP contribution in [0.15, 0.2) is 24.3 Å². The zero-order valence-electron chi connectivity index (χ0n) is 10.5. The first kappa shape index (κ1) is 10.8. The normalized spacial score (nSPS) is 32.0. The van der Waals surface area contributed by atoms with Gasteiger partial charge >= 0.3 is 0 Å². The number of carbonyl (C=O) groups excluding carboxylic acids is 1. The molecule has 0 N–H and O–H groups in total. The summed E-state index contributed by atoms with van der Waals surface area (Å²) in [7, 11) is 0. The maximum Gasteiger partial charge on any atom is 0.226 e. The first-order chi connectivity index (χ1) is 8.18. The molecule has 0 bridgehead atoms. The predicted molar refractivity (Wildman–Crippen MR) is 67.6 cm³/mol. The second-order valence-electron chi connectivity index (χ2n) is 5.49. The molecule has 0 saturated carbocycles. The molecule has 2 heterocycles. The van der Waals surface area contributed by atoms with Gasteiger partial charge in [0.25, 0.3) is 0 Å². The van der Waals surface area contributed by atoms with E-state index in [1.165, 1.54) is 11.1 Å². The average molecular weight is 229 g/mol. The highest BCUT2D eigenvalue weighted by Gasteiger charge is 2.40. The zero-order chi connectivity index (χ0) is 12.0. The minimum Gasteiger partial charge on any atom is -0.333 e. The van der Waals surface area contributed by atoms with Crippen molar-refractivity contribution in [2.45, 2.75) is 45.2 Å². The first-order valence-electron chi connectivity index (χ1n) is 6.58. The smallest absolute Gasteiger partial charge is 0.226 e. The van der Waals surface area contributed by atoms with Gasteiger partial charge in [0.15, 0.2) is 0 Å². The van der Waals surface area contributed by atoms with E-state index in [0.717, 1.165) is 19.3 Å². The van der Waals surface area contributed by atoms with Crippen molar-refractivity contribution in [1.82, 2.24) is 4.90 Å². The van der Waals surface area contributed by atoms with Crippen molar-refractivity contribution in [1.29, 1.82) is 0 Å². The molecule has 0 aromatic heterocycles. The SMILES string of the molecule is C[C@@H]1CC[C@@H]2c3ccccc3C[C@H](C)C(=O)N12. The van der Waals surface area contributed by atoms with E-state index in [1.54, 1.807) is 0 Å². The van der Waals surface area contributed by atoms with Gasteiger partial charge in [-0.2, -0.15) is 0 Å². The number of rotatable bonds is 0. The highest BCUT2D eigenvalue weighted by atomic mass is 16.2. The highest BCUT2D eigenvalue weighted by molar-refractivity contribution is 5.81. The fourth-order valence-corrected chi connectivity index (χ4v) is 3.38. The fraction of sp³-hybridized carbons (Fsp3) is 0.533. The second kappa shape index (κ2) is 3.86. The van der Waals surface area contributed by atoms with E-state index in [0.29, 0.717) is 18.0 Å². The number of benzene rings is 1. The molecule has 1 aromatic carbocycles. The molecule has 0 unspecified atom stereocenters. The van der Waals surface area contributed by atoms with Crippen molar-refractivity contribution < 1.29 is 4.79 Å². The number of amides is 1. The lowest BCUT2D eigenvalue weighted by Crippen LogP contribution is -2.37. The van der Waals surface area contributed by atoms with Crippen LogP contribution in [0.5, 0.6) is 0 Å². The molecule has 17 heavy (non-hydrogen) atoms. The molecule has 3 atom stereocenters. The standard InChI is InChI=1S/C15H19NO/c1-10-9-12-5-3-4-6-13(12)14-8-7-11(2)16(14)15(10)17/h3-6,10-11,14H,7-9H2,1-2H3/t10-,11+,14+/m0/s1. The lowest BCUT2D eigenvalue weighted by atomic mass is 9.95. The predicted octanol–water partition coefficient (Wildman–Crippen LogP) is 2.93. The Morgan fingerprint density at radius 2 is 1.94 bits per heavy atom. The van der Waals surface area contributed by atoms with Crippen molar-refractivity contribution >= 4 is 5.91 Å². The molecule has 90 valence electrons. The topological polar surface area (TPSA) is 20.3 Å². The summed E-state index contributed by atoms with van der Waals surface area (Å²) in [6, 6.07) is 9.31. The van der Waals surface area contributed by atoms with Gasteiger partial charge in [-0.05, 0) is 37.3 Å². The minimum atomic E-state index is 0.127. The lowest BCUT2D eigenvalue weighted by Gasteiger charge is -2.28. The quantitative estimate of drug-likeness (QED) is 0.670. The Morgan fingerprint density at radius 1 is 1.18 bits per heavy atom. The van der Waals surface area contributed by atoms with E-state index in [1.807, 2.05) is 0 Å². The van der Waals surface area contributed by atoms with Gasteiger partial charge in [-0.1, -0.05) is 31.2 Å². The molecule has 1 fully saturated rings. The van der Waals surface area contributed by atoms with E-state index >= 15 is 0 Å². The maximum atomic E-state index is 12.4. The summed E-state index contributed by atoms with van der Waals surface area (Å²) in [5.74, 6) is 0.470. The summed E-state index contributed by atoms with van der Waals surface area (Å²) in [6.45, 7) is 4.24. The van der Waals surface area contributed by atoms with Crippen LogP contribution in [0.2, 0.25) is 0 Å². The average Bonchev–Trinajstić information content (AvgIpc) is 2.66. The van der Waals surface area contributed by atoms with Gasteiger partial charge in [-0.25, -0.2) is 0 Å². The molecule has 2 aliphatic heterocycles. The third-order valence-electron chi connectivity index (χ3n) is 4.28. The summed E-state index contributed by atoms with van der Waals surface area (Å²) in [5, 5.41) is 0. The van der Waals surface area contributed by atoms with E-state index < -0.39 is 0 Å². The number of fused-ring (bicyclic) bond motifs is 3. The number of carbonyl (C=O) groups is 1. The van der Waals surface area contributed by atoms with Gasteiger partial charge in [0.05, 0.1) is 6.04 Å². The first-order valence-corrected chi connectivity index (χ1v) is 6.58. The Morgan fingerprint density at radius 3 is 2.76 bits per heavy atom. The summed E-state index contributed by atoms with van der Waals surface area (Å²) >= 11 is 0. The third-order valence-corrected chi connectivity index (χ3v) is 4.28. The molecule has 2 nitrogen and oxygen atoms in total. The molecule has 2 heteroatoms. The summed E-state index contributed by atoms with van der Waals surface area (Å²) in [5.41, 5.74) is 2.75. The van der Waals surface area contributed by atoms with E-state index in [9.17, 15) is 4.79 Å². The number of hydrogen-bond acceptors (Lipinski definition) is 1. The van der Waals surface area contributed by atoms with Crippen LogP contribution in [-0.2, 0) is 11.2 Å². The van der Waals surface area contributed by atoms with Crippen molar-refractivity contribution in [3.63, 3.8) is 0 Å². The largest absolute Gasteiger partial charge is 0.333 e. The van der Waals surface area contributed by atoms with Crippen LogP contribution in [0.25, 0.3) is 0 Å². The second-order valence-corrected chi connectivity index (χ2v) is 5.49. The van der Waals surface area contributed by atoms with Crippen LogP contribution in [0.4, 0.5) is 0 Å². The van der Waals surface area contributed by atoms with Crippen molar-refractivity contribution in [2.75, 3.05) is 0 Å². The fourth-order valence-electron chi connectivity index (χ4n) is 3.38. The Hall–Kier alpha value is -1.31. The highest BCUT2D eigenvalue weighted by Crippen LogP contribution is 2.41. The molecule has 0 spiro atoms. The Balaban J connectivity index is 2.11. The molecule has 1 aromatic rings. The molecular weight excluding hydrogens is 210 g/mol. The molecule has 0 radical (unpaired) electrons. The maximum absolute atomic E-state index is 12.4. The Kier molecular flexibility index (Phi) is 2.46. The monoisotopic (exact) mass is 229 g/mol. The van der Waals surface area contributed by atoms with Gasteiger partial charge in [-0.15, -0.1) is 0 Å². The van der Waals surface area contributed by atoms with Gasteiger partial charge < -0.3 is 4.90 Å².